The number of urea groups is 1. The summed E-state index contributed by atoms with van der Waals surface area (Å²) in [6.07, 6.45) is 6.84. The number of thiophene rings is 1. The predicted octanol–water partition coefficient (Wildman–Crippen LogP) is 4.49. The van der Waals surface area contributed by atoms with E-state index in [4.69, 9.17) is 0 Å². The van der Waals surface area contributed by atoms with Gasteiger partial charge in [-0.1, -0.05) is 43.2 Å². The molecule has 0 atom stereocenters. The summed E-state index contributed by atoms with van der Waals surface area (Å²) in [5, 5.41) is 10.5. The zero-order chi connectivity index (χ0) is 16.7. The highest BCUT2D eigenvalue weighted by molar-refractivity contribution is 7.08. The molecule has 0 spiro atoms. The third-order valence-corrected chi connectivity index (χ3v) is 5.74. The lowest BCUT2D eigenvalue weighted by Crippen LogP contribution is -2.43. The highest BCUT2D eigenvalue weighted by Crippen LogP contribution is 2.41. The van der Waals surface area contributed by atoms with E-state index in [0.29, 0.717) is 6.54 Å². The Kier molecular flexibility index (Phi) is 5.91. The van der Waals surface area contributed by atoms with Crippen molar-refractivity contribution < 1.29 is 4.79 Å². The summed E-state index contributed by atoms with van der Waals surface area (Å²) in [6.45, 7) is 1.46. The average Bonchev–Trinajstić information content (AvgIpc) is 3.30. The number of benzene rings is 1. The van der Waals surface area contributed by atoms with Crippen molar-refractivity contribution in [3.05, 3.63) is 58.3 Å². The fourth-order valence-corrected chi connectivity index (χ4v) is 4.42. The van der Waals surface area contributed by atoms with Gasteiger partial charge in [0.05, 0.1) is 0 Å². The lowest BCUT2D eigenvalue weighted by atomic mass is 9.80. The number of nitrogens with one attached hydrogen (secondary N) is 2. The van der Waals surface area contributed by atoms with Gasteiger partial charge in [-0.3, -0.25) is 0 Å². The smallest absolute Gasteiger partial charge is 0.314 e. The summed E-state index contributed by atoms with van der Waals surface area (Å²) in [5.74, 6) is 0. The molecule has 128 valence electrons. The third kappa shape index (κ3) is 4.38. The van der Waals surface area contributed by atoms with Gasteiger partial charge in [0.2, 0.25) is 0 Å². The average molecular weight is 343 g/mol. The van der Waals surface area contributed by atoms with E-state index in [-0.39, 0.29) is 11.4 Å². The topological polar surface area (TPSA) is 41.1 Å². The van der Waals surface area contributed by atoms with Crippen LogP contribution in [0.5, 0.6) is 0 Å². The van der Waals surface area contributed by atoms with Crippen LogP contribution in [0.4, 0.5) is 4.79 Å². The molecule has 0 unspecified atom stereocenters. The van der Waals surface area contributed by atoms with E-state index in [9.17, 15) is 4.79 Å². The van der Waals surface area contributed by atoms with Crippen molar-refractivity contribution in [2.75, 3.05) is 13.1 Å². The van der Waals surface area contributed by atoms with Crippen LogP contribution in [0, 0.1) is 0 Å². The largest absolute Gasteiger partial charge is 0.338 e. The van der Waals surface area contributed by atoms with Crippen LogP contribution in [0.25, 0.3) is 0 Å². The molecule has 3 nitrogen and oxygen atoms in total. The van der Waals surface area contributed by atoms with Crippen molar-refractivity contribution in [1.29, 1.82) is 0 Å². The molecule has 1 saturated carbocycles. The molecule has 0 saturated heterocycles. The van der Waals surface area contributed by atoms with Gasteiger partial charge in [-0.25, -0.2) is 4.79 Å². The molecule has 1 heterocycles. The summed E-state index contributed by atoms with van der Waals surface area (Å²) in [7, 11) is 0. The van der Waals surface area contributed by atoms with Gasteiger partial charge in [-0.15, -0.1) is 0 Å². The fraction of sp³-hybridized carbons (Fsp3) is 0.450. The molecule has 24 heavy (non-hydrogen) atoms. The van der Waals surface area contributed by atoms with E-state index in [0.717, 1.165) is 19.4 Å². The van der Waals surface area contributed by atoms with Crippen LogP contribution in [0.3, 0.4) is 0 Å². The van der Waals surface area contributed by atoms with E-state index in [1.165, 1.54) is 36.8 Å². The normalized spacial score (nSPS) is 16.0. The molecule has 1 aliphatic rings. The lowest BCUT2D eigenvalue weighted by molar-refractivity contribution is 0.237. The van der Waals surface area contributed by atoms with E-state index in [2.05, 4.69) is 51.7 Å². The first-order chi connectivity index (χ1) is 11.8. The van der Waals surface area contributed by atoms with Crippen molar-refractivity contribution in [2.45, 2.75) is 43.9 Å². The summed E-state index contributed by atoms with van der Waals surface area (Å²) in [4.78, 5) is 12.1. The fourth-order valence-electron chi connectivity index (χ4n) is 3.64. The molecular formula is C20H26N2OS. The Bertz CT molecular complexity index is 618. The molecule has 4 heteroatoms. The standard InChI is InChI=1S/C20H26N2OS/c23-19(21-13-6-9-17-7-2-1-3-8-17)22-16-20(11-4-5-12-20)18-10-14-24-15-18/h1-3,7-8,10,14-15H,4-6,9,11-13,16H2,(H2,21,22,23). The number of hydrogen-bond donors (Lipinski definition) is 2. The Morgan fingerprint density at radius 3 is 2.58 bits per heavy atom. The number of carbonyl (C=O) groups is 1. The van der Waals surface area contributed by atoms with E-state index in [1.807, 2.05) is 6.07 Å². The predicted molar refractivity (Wildman–Crippen MR) is 101 cm³/mol. The highest BCUT2D eigenvalue weighted by atomic mass is 32.1. The first-order valence-electron chi connectivity index (χ1n) is 8.87. The van der Waals surface area contributed by atoms with Crippen molar-refractivity contribution in [3.8, 4) is 0 Å². The second kappa shape index (κ2) is 8.34. The minimum atomic E-state index is -0.0374. The molecule has 1 fully saturated rings. The summed E-state index contributed by atoms with van der Waals surface area (Å²) in [6, 6.07) is 12.6. The van der Waals surface area contributed by atoms with Gasteiger partial charge in [-0.2, -0.15) is 11.3 Å². The van der Waals surface area contributed by atoms with E-state index < -0.39 is 0 Å². The first-order valence-corrected chi connectivity index (χ1v) is 9.81. The van der Waals surface area contributed by atoms with Crippen LogP contribution >= 0.6 is 11.3 Å². The monoisotopic (exact) mass is 342 g/mol. The lowest BCUT2D eigenvalue weighted by Gasteiger charge is -2.28. The van der Waals surface area contributed by atoms with Gasteiger partial charge in [0.25, 0.3) is 0 Å². The number of amides is 2. The van der Waals surface area contributed by atoms with Crippen LogP contribution in [-0.2, 0) is 11.8 Å². The van der Waals surface area contributed by atoms with Gasteiger partial charge in [0.1, 0.15) is 0 Å². The summed E-state index contributed by atoms with van der Waals surface area (Å²) in [5.41, 5.74) is 2.87. The van der Waals surface area contributed by atoms with Crippen molar-refractivity contribution in [1.82, 2.24) is 10.6 Å². The molecule has 1 aliphatic carbocycles. The zero-order valence-corrected chi connectivity index (χ0v) is 14.9. The van der Waals surface area contributed by atoms with E-state index in [1.54, 1.807) is 11.3 Å². The van der Waals surface area contributed by atoms with Crippen LogP contribution in [0.1, 0.15) is 43.2 Å². The second-order valence-electron chi connectivity index (χ2n) is 6.70. The van der Waals surface area contributed by atoms with Crippen LogP contribution in [0.2, 0.25) is 0 Å². The number of carbonyl (C=O) groups excluding carboxylic acids is 1. The molecule has 2 amide bonds. The molecule has 3 rings (SSSR count). The van der Waals surface area contributed by atoms with Gasteiger partial charge >= 0.3 is 6.03 Å². The maximum Gasteiger partial charge on any atom is 0.314 e. The first kappa shape index (κ1) is 17.0. The summed E-state index contributed by atoms with van der Waals surface area (Å²) < 4.78 is 0. The third-order valence-electron chi connectivity index (χ3n) is 5.05. The maximum absolute atomic E-state index is 12.1. The Labute approximate surface area is 148 Å². The SMILES string of the molecule is O=C(NCCCc1ccccc1)NCC1(c2ccsc2)CCCC1. The molecule has 1 aromatic carbocycles. The second-order valence-corrected chi connectivity index (χ2v) is 7.48. The number of aryl methyl sites for hydroxylation is 1. The zero-order valence-electron chi connectivity index (χ0n) is 14.1. The number of rotatable bonds is 7. The number of hydrogen-bond acceptors (Lipinski definition) is 2. The Morgan fingerprint density at radius 2 is 1.88 bits per heavy atom. The van der Waals surface area contributed by atoms with Crippen molar-refractivity contribution in [2.24, 2.45) is 0 Å². The minimum absolute atomic E-state index is 0.0374. The molecule has 1 aromatic heterocycles. The molecule has 2 aromatic rings. The summed E-state index contributed by atoms with van der Waals surface area (Å²) >= 11 is 1.75. The molecule has 0 aliphatic heterocycles. The minimum Gasteiger partial charge on any atom is -0.338 e. The van der Waals surface area contributed by atoms with Crippen LogP contribution in [0.15, 0.2) is 47.2 Å². The van der Waals surface area contributed by atoms with Crippen molar-refractivity contribution in [3.63, 3.8) is 0 Å². The van der Waals surface area contributed by atoms with Crippen LogP contribution in [-0.4, -0.2) is 19.1 Å². The Balaban J connectivity index is 1.40. The van der Waals surface area contributed by atoms with Gasteiger partial charge in [0.15, 0.2) is 0 Å². The van der Waals surface area contributed by atoms with Crippen LogP contribution < -0.4 is 10.6 Å². The molecule has 0 bridgehead atoms. The molecule has 0 radical (unpaired) electrons. The molecule has 2 N–H and O–H groups in total. The van der Waals surface area contributed by atoms with Gasteiger partial charge in [0, 0.05) is 18.5 Å². The van der Waals surface area contributed by atoms with E-state index >= 15 is 0 Å². The highest BCUT2D eigenvalue weighted by Gasteiger charge is 2.36. The van der Waals surface area contributed by atoms with Crippen molar-refractivity contribution >= 4 is 17.4 Å². The Morgan fingerprint density at radius 1 is 1.08 bits per heavy atom. The van der Waals surface area contributed by atoms with Gasteiger partial charge < -0.3 is 10.6 Å². The Hall–Kier alpha value is -1.81. The quantitative estimate of drug-likeness (QED) is 0.715. The molecular weight excluding hydrogens is 316 g/mol. The maximum atomic E-state index is 12.1. The van der Waals surface area contributed by atoms with Gasteiger partial charge in [-0.05, 0) is 53.6 Å².